The van der Waals surface area contributed by atoms with E-state index in [9.17, 15) is 39.4 Å². The standard InChI is InChI=1S/C22H27N3O14S3/c1-12-8-14(16(36-3)10-19(12)41(30,31)32)23-22(27)21(13(2)26)25-24-15-9-18(38-5)20(11-17(15)37-4)40(28,29)7-6-39-42(33,34)35/h8-11,21H,6-7H2,1-5H3,(H,23,27)(H,30,31,32)(H,33,34,35). The molecule has 0 aliphatic rings. The fraction of sp³-hybridized carbons (Fsp3) is 0.364. The Balaban J connectivity index is 2.44. The molecule has 0 aromatic heterocycles. The second kappa shape index (κ2) is 13.5. The van der Waals surface area contributed by atoms with Crippen molar-refractivity contribution in [1.82, 2.24) is 0 Å². The number of aryl methyl sites for hydroxylation is 1. The van der Waals surface area contributed by atoms with Crippen LogP contribution in [0.15, 0.2) is 44.3 Å². The van der Waals surface area contributed by atoms with Crippen molar-refractivity contribution in [3.63, 3.8) is 0 Å². The molecule has 0 fully saturated rings. The molecule has 3 N–H and O–H groups in total. The zero-order valence-corrected chi connectivity index (χ0v) is 25.2. The number of hydrogen-bond donors (Lipinski definition) is 3. The number of ketones is 1. The highest BCUT2D eigenvalue weighted by atomic mass is 32.3. The van der Waals surface area contributed by atoms with Gasteiger partial charge in [0, 0.05) is 18.2 Å². The third-order valence-electron chi connectivity index (χ3n) is 5.33. The van der Waals surface area contributed by atoms with Crippen LogP contribution in [0.1, 0.15) is 12.5 Å². The van der Waals surface area contributed by atoms with Crippen molar-refractivity contribution in [3.8, 4) is 17.2 Å². The van der Waals surface area contributed by atoms with Crippen LogP contribution in [-0.4, -0.2) is 85.8 Å². The Morgan fingerprint density at radius 1 is 0.881 bits per heavy atom. The Bertz CT molecular complexity index is 1720. The van der Waals surface area contributed by atoms with Gasteiger partial charge in [-0.2, -0.15) is 27.1 Å². The van der Waals surface area contributed by atoms with Crippen molar-refractivity contribution in [2.24, 2.45) is 10.2 Å². The third kappa shape index (κ3) is 8.90. The molecule has 0 heterocycles. The number of nitrogens with one attached hydrogen (secondary N) is 1. The van der Waals surface area contributed by atoms with Crippen LogP contribution < -0.4 is 19.5 Å². The Morgan fingerprint density at radius 2 is 1.45 bits per heavy atom. The summed E-state index contributed by atoms with van der Waals surface area (Å²) >= 11 is 0. The lowest BCUT2D eigenvalue weighted by Gasteiger charge is -2.15. The monoisotopic (exact) mass is 653 g/mol. The predicted octanol–water partition coefficient (Wildman–Crippen LogP) is 1.54. The molecule has 17 nitrogen and oxygen atoms in total. The van der Waals surface area contributed by atoms with Crippen LogP contribution in [0.3, 0.4) is 0 Å². The zero-order chi connectivity index (χ0) is 32.0. The summed E-state index contributed by atoms with van der Waals surface area (Å²) in [6.07, 6.45) is 0. The molecule has 0 radical (unpaired) electrons. The van der Waals surface area contributed by atoms with Crippen LogP contribution in [0.25, 0.3) is 0 Å². The van der Waals surface area contributed by atoms with E-state index in [2.05, 4.69) is 19.7 Å². The Labute approximate surface area is 241 Å². The third-order valence-corrected chi connectivity index (χ3v) is 8.49. The molecule has 2 aromatic carbocycles. The van der Waals surface area contributed by atoms with Gasteiger partial charge in [0.25, 0.3) is 16.0 Å². The number of rotatable bonds is 14. The van der Waals surface area contributed by atoms with Crippen LogP contribution in [0.5, 0.6) is 17.2 Å². The zero-order valence-electron chi connectivity index (χ0n) is 22.7. The van der Waals surface area contributed by atoms with E-state index in [4.69, 9.17) is 18.8 Å². The predicted molar refractivity (Wildman–Crippen MR) is 144 cm³/mol. The van der Waals surface area contributed by atoms with E-state index in [1.165, 1.54) is 27.2 Å². The van der Waals surface area contributed by atoms with Crippen LogP contribution in [-0.2, 0) is 44.1 Å². The van der Waals surface area contributed by atoms with Crippen molar-refractivity contribution in [1.29, 1.82) is 0 Å². The first kappa shape index (κ1) is 34.5. The highest BCUT2D eigenvalue weighted by molar-refractivity contribution is 7.91. The number of hydrogen-bond acceptors (Lipinski definition) is 14. The molecule has 0 saturated heterocycles. The molecule has 1 atom stereocenters. The van der Waals surface area contributed by atoms with Gasteiger partial charge in [-0.25, -0.2) is 12.6 Å². The SMILES string of the molecule is COc1cc(S(=O)(=O)CCOS(=O)(=O)O)c(OC)cc1N=NC(C(C)=O)C(=O)Nc1cc(C)c(S(=O)(=O)O)cc1OC. The van der Waals surface area contributed by atoms with E-state index < -0.39 is 70.2 Å². The number of nitrogens with zero attached hydrogens (tertiary/aromatic N) is 2. The molecular formula is C22H27N3O14S3. The van der Waals surface area contributed by atoms with Crippen molar-refractivity contribution in [2.45, 2.75) is 29.7 Å². The molecule has 0 aliphatic heterocycles. The van der Waals surface area contributed by atoms with Crippen molar-refractivity contribution in [3.05, 3.63) is 29.8 Å². The second-order valence-electron chi connectivity index (χ2n) is 8.25. The topological polar surface area (TPSA) is 251 Å². The van der Waals surface area contributed by atoms with E-state index in [0.717, 1.165) is 32.2 Å². The van der Waals surface area contributed by atoms with Crippen LogP contribution in [0, 0.1) is 6.92 Å². The molecule has 20 heteroatoms. The van der Waals surface area contributed by atoms with E-state index in [1.807, 2.05) is 0 Å². The summed E-state index contributed by atoms with van der Waals surface area (Å²) in [6.45, 7) is 1.51. The van der Waals surface area contributed by atoms with Gasteiger partial charge in [0.1, 0.15) is 32.7 Å². The molecule has 0 bridgehead atoms. The van der Waals surface area contributed by atoms with Crippen molar-refractivity contribution in [2.75, 3.05) is 39.0 Å². The summed E-state index contributed by atoms with van der Waals surface area (Å²) in [4.78, 5) is 24.3. The number of carbonyl (C=O) groups excluding carboxylic acids is 2. The van der Waals surface area contributed by atoms with E-state index in [-0.39, 0.29) is 34.2 Å². The molecule has 42 heavy (non-hydrogen) atoms. The molecule has 2 rings (SSSR count). The normalized spacial score (nSPS) is 13.0. The van der Waals surface area contributed by atoms with Gasteiger partial charge < -0.3 is 19.5 Å². The summed E-state index contributed by atoms with van der Waals surface area (Å²) in [6, 6.07) is 2.50. The number of benzene rings is 2. The molecule has 0 spiro atoms. The number of Topliss-reactive ketones (excluding diaryl/α,β-unsaturated/α-hetero) is 1. The number of anilines is 1. The average Bonchev–Trinajstić information content (AvgIpc) is 2.86. The minimum Gasteiger partial charge on any atom is -0.495 e. The van der Waals surface area contributed by atoms with E-state index in [1.54, 1.807) is 0 Å². The lowest BCUT2D eigenvalue weighted by Crippen LogP contribution is -2.32. The highest BCUT2D eigenvalue weighted by Crippen LogP contribution is 2.38. The second-order valence-corrected chi connectivity index (χ2v) is 12.8. The summed E-state index contributed by atoms with van der Waals surface area (Å²) in [5.74, 6) is -3.23. The Hall–Kier alpha value is -3.69. The van der Waals surface area contributed by atoms with Gasteiger partial charge in [-0.15, -0.1) is 0 Å². The summed E-state index contributed by atoms with van der Waals surface area (Å²) < 4.78 is 108. The first-order valence-corrected chi connectivity index (χ1v) is 15.8. The fourth-order valence-electron chi connectivity index (χ4n) is 3.39. The fourth-order valence-corrected chi connectivity index (χ4v) is 5.77. The number of amides is 1. The molecule has 0 aliphatic carbocycles. The molecule has 1 unspecified atom stereocenters. The van der Waals surface area contributed by atoms with Crippen LogP contribution >= 0.6 is 0 Å². The first-order valence-electron chi connectivity index (χ1n) is 11.3. The summed E-state index contributed by atoms with van der Waals surface area (Å²) in [5.41, 5.74) is -0.140. The largest absolute Gasteiger partial charge is 0.495 e. The quantitative estimate of drug-likeness (QED) is 0.149. The number of ether oxygens (including phenoxy) is 3. The average molecular weight is 654 g/mol. The van der Waals surface area contributed by atoms with Crippen molar-refractivity contribution < 1.29 is 62.3 Å². The Morgan fingerprint density at radius 3 is 1.95 bits per heavy atom. The number of azo groups is 1. The van der Waals surface area contributed by atoms with Crippen LogP contribution in [0.4, 0.5) is 11.4 Å². The molecular weight excluding hydrogens is 626 g/mol. The maximum absolute atomic E-state index is 13.0. The Kier molecular flexibility index (Phi) is 11.1. The van der Waals surface area contributed by atoms with E-state index in [0.29, 0.717) is 0 Å². The van der Waals surface area contributed by atoms with E-state index >= 15 is 0 Å². The smallest absolute Gasteiger partial charge is 0.397 e. The highest BCUT2D eigenvalue weighted by Gasteiger charge is 2.27. The minimum absolute atomic E-state index is 0.0411. The molecule has 232 valence electrons. The summed E-state index contributed by atoms with van der Waals surface area (Å²) in [5, 5.41) is 10.0. The van der Waals surface area contributed by atoms with Gasteiger partial charge in [-0.1, -0.05) is 0 Å². The van der Waals surface area contributed by atoms with Gasteiger partial charge in [0.15, 0.2) is 15.6 Å². The van der Waals surface area contributed by atoms with Gasteiger partial charge in [0.05, 0.1) is 39.4 Å². The molecule has 1 amide bonds. The van der Waals surface area contributed by atoms with Crippen molar-refractivity contribution >= 4 is 53.4 Å². The van der Waals surface area contributed by atoms with Gasteiger partial charge >= 0.3 is 10.4 Å². The lowest BCUT2D eigenvalue weighted by molar-refractivity contribution is -0.126. The number of methoxy groups -OCH3 is 3. The lowest BCUT2D eigenvalue weighted by atomic mass is 10.1. The van der Waals surface area contributed by atoms with Gasteiger partial charge in [-0.3, -0.25) is 18.7 Å². The van der Waals surface area contributed by atoms with Gasteiger partial charge in [-0.05, 0) is 25.5 Å². The minimum atomic E-state index is -4.88. The maximum Gasteiger partial charge on any atom is 0.397 e. The van der Waals surface area contributed by atoms with Gasteiger partial charge in [0.2, 0.25) is 6.04 Å². The first-order chi connectivity index (χ1) is 19.3. The maximum atomic E-state index is 13.0. The number of sulfone groups is 1. The molecule has 2 aromatic rings. The molecule has 0 saturated carbocycles. The number of carbonyl (C=O) groups is 2. The van der Waals surface area contributed by atoms with Crippen LogP contribution in [0.2, 0.25) is 0 Å². The summed E-state index contributed by atoms with van der Waals surface area (Å²) in [7, 11) is -10.2.